The zero-order chi connectivity index (χ0) is 17.7. The van der Waals surface area contributed by atoms with Crippen molar-refractivity contribution in [3.05, 3.63) is 58.7 Å². The third-order valence-electron chi connectivity index (χ3n) is 3.62. The highest BCUT2D eigenvalue weighted by molar-refractivity contribution is 5.74. The highest BCUT2D eigenvalue weighted by atomic mass is 16.5. The Hall–Kier alpha value is -2.88. The SMILES string of the molecule is COc1cc(C=Cc2cc(O)cc(O)c2CC=C(C)C)ccc1O. The second-order valence-electron chi connectivity index (χ2n) is 5.78. The van der Waals surface area contributed by atoms with Crippen molar-refractivity contribution in [1.29, 1.82) is 0 Å². The first-order valence-corrected chi connectivity index (χ1v) is 7.64. The standard InChI is InChI=1S/C20H22O4/c1-13(2)4-8-17-15(11-16(21)12-19(17)23)7-5-14-6-9-18(22)20(10-14)24-3/h4-7,9-12,21-23H,8H2,1-3H3. The highest BCUT2D eigenvalue weighted by Crippen LogP contribution is 2.31. The summed E-state index contributed by atoms with van der Waals surface area (Å²) in [6.45, 7) is 3.99. The van der Waals surface area contributed by atoms with Crippen molar-refractivity contribution in [3.63, 3.8) is 0 Å². The van der Waals surface area contributed by atoms with Gasteiger partial charge in [0.15, 0.2) is 11.5 Å². The monoisotopic (exact) mass is 326 g/mol. The Bertz CT molecular complexity index is 784. The molecule has 2 aromatic rings. The number of aromatic hydroxyl groups is 3. The van der Waals surface area contributed by atoms with Crippen molar-refractivity contribution in [2.24, 2.45) is 0 Å². The minimum atomic E-state index is 0.0105. The largest absolute Gasteiger partial charge is 0.508 e. The summed E-state index contributed by atoms with van der Waals surface area (Å²) in [4.78, 5) is 0. The number of phenolic OH excluding ortho intramolecular Hbond substituents is 3. The van der Waals surface area contributed by atoms with Crippen LogP contribution in [0.2, 0.25) is 0 Å². The number of allylic oxidation sites excluding steroid dienone is 2. The van der Waals surface area contributed by atoms with Gasteiger partial charge < -0.3 is 20.1 Å². The van der Waals surface area contributed by atoms with Gasteiger partial charge in [0.25, 0.3) is 0 Å². The Morgan fingerprint density at radius 2 is 1.75 bits per heavy atom. The van der Waals surface area contributed by atoms with Crippen LogP contribution >= 0.6 is 0 Å². The van der Waals surface area contributed by atoms with E-state index in [9.17, 15) is 15.3 Å². The second kappa shape index (κ2) is 7.59. The van der Waals surface area contributed by atoms with Crippen molar-refractivity contribution in [2.75, 3.05) is 7.11 Å². The second-order valence-corrected chi connectivity index (χ2v) is 5.78. The molecule has 0 radical (unpaired) electrons. The van der Waals surface area contributed by atoms with Crippen LogP contribution in [0.1, 0.15) is 30.5 Å². The number of phenols is 3. The first-order valence-electron chi connectivity index (χ1n) is 7.64. The fraction of sp³-hybridized carbons (Fsp3) is 0.200. The molecule has 0 saturated heterocycles. The van der Waals surface area contributed by atoms with Gasteiger partial charge in [-0.05, 0) is 49.6 Å². The summed E-state index contributed by atoms with van der Waals surface area (Å²) in [7, 11) is 1.49. The van der Waals surface area contributed by atoms with Gasteiger partial charge in [0, 0.05) is 11.6 Å². The average Bonchev–Trinajstić information content (AvgIpc) is 2.52. The lowest BCUT2D eigenvalue weighted by Gasteiger charge is -2.09. The molecule has 0 unspecified atom stereocenters. The Labute approximate surface area is 142 Å². The van der Waals surface area contributed by atoms with Gasteiger partial charge in [-0.1, -0.05) is 29.9 Å². The van der Waals surface area contributed by atoms with Crippen LogP contribution < -0.4 is 4.74 Å². The molecule has 24 heavy (non-hydrogen) atoms. The Kier molecular flexibility index (Phi) is 5.53. The van der Waals surface area contributed by atoms with Crippen LogP contribution in [0.25, 0.3) is 12.2 Å². The molecule has 4 heteroatoms. The maximum Gasteiger partial charge on any atom is 0.161 e. The van der Waals surface area contributed by atoms with E-state index in [-0.39, 0.29) is 17.2 Å². The van der Waals surface area contributed by atoms with Crippen molar-refractivity contribution >= 4 is 12.2 Å². The van der Waals surface area contributed by atoms with E-state index in [4.69, 9.17) is 4.74 Å². The zero-order valence-electron chi connectivity index (χ0n) is 14.1. The van der Waals surface area contributed by atoms with E-state index in [0.717, 1.165) is 22.3 Å². The van der Waals surface area contributed by atoms with E-state index in [2.05, 4.69) is 0 Å². The van der Waals surface area contributed by atoms with Crippen LogP contribution in [0.5, 0.6) is 23.0 Å². The van der Waals surface area contributed by atoms with E-state index in [1.54, 1.807) is 24.3 Å². The molecular weight excluding hydrogens is 304 g/mol. The number of ether oxygens (including phenoxy) is 1. The van der Waals surface area contributed by atoms with Crippen LogP contribution in [-0.4, -0.2) is 22.4 Å². The maximum absolute atomic E-state index is 10.1. The summed E-state index contributed by atoms with van der Waals surface area (Å²) < 4.78 is 5.09. The molecule has 0 bridgehead atoms. The zero-order valence-corrected chi connectivity index (χ0v) is 14.1. The molecule has 0 aromatic heterocycles. The van der Waals surface area contributed by atoms with Crippen molar-refractivity contribution < 1.29 is 20.1 Å². The molecule has 4 nitrogen and oxygen atoms in total. The van der Waals surface area contributed by atoms with Gasteiger partial charge in [-0.25, -0.2) is 0 Å². The van der Waals surface area contributed by atoms with E-state index >= 15 is 0 Å². The van der Waals surface area contributed by atoms with Crippen molar-refractivity contribution in [2.45, 2.75) is 20.3 Å². The van der Waals surface area contributed by atoms with E-state index in [1.807, 2.05) is 32.1 Å². The molecule has 126 valence electrons. The fourth-order valence-corrected chi connectivity index (χ4v) is 2.32. The summed E-state index contributed by atoms with van der Waals surface area (Å²) in [6, 6.07) is 7.98. The molecule has 2 rings (SSSR count). The number of hydrogen-bond donors (Lipinski definition) is 3. The summed E-state index contributed by atoms with van der Waals surface area (Å²) in [5.41, 5.74) is 3.47. The topological polar surface area (TPSA) is 69.9 Å². The van der Waals surface area contributed by atoms with Crippen LogP contribution in [0.4, 0.5) is 0 Å². The maximum atomic E-state index is 10.1. The number of rotatable bonds is 5. The van der Waals surface area contributed by atoms with Gasteiger partial charge >= 0.3 is 0 Å². The minimum Gasteiger partial charge on any atom is -0.508 e. The van der Waals surface area contributed by atoms with Crippen molar-refractivity contribution in [1.82, 2.24) is 0 Å². The first-order chi connectivity index (χ1) is 11.4. The van der Waals surface area contributed by atoms with Gasteiger partial charge in [0.05, 0.1) is 7.11 Å². The van der Waals surface area contributed by atoms with Crippen LogP contribution in [0.15, 0.2) is 42.0 Å². The summed E-state index contributed by atoms with van der Waals surface area (Å²) in [5.74, 6) is 0.543. The Balaban J connectivity index is 2.39. The molecule has 0 heterocycles. The van der Waals surface area contributed by atoms with Gasteiger partial charge in [0.1, 0.15) is 11.5 Å². The molecule has 2 aromatic carbocycles. The third-order valence-corrected chi connectivity index (χ3v) is 3.62. The summed E-state index contributed by atoms with van der Waals surface area (Å²) in [6.07, 6.45) is 6.25. The van der Waals surface area contributed by atoms with Gasteiger partial charge in [-0.3, -0.25) is 0 Å². The summed E-state index contributed by atoms with van der Waals surface area (Å²) >= 11 is 0. The first kappa shape index (κ1) is 17.5. The lowest BCUT2D eigenvalue weighted by Crippen LogP contribution is -1.89. The van der Waals surface area contributed by atoms with Crippen LogP contribution in [-0.2, 0) is 6.42 Å². The molecule has 3 N–H and O–H groups in total. The van der Waals surface area contributed by atoms with Gasteiger partial charge in [-0.2, -0.15) is 0 Å². The predicted octanol–water partition coefficient (Wildman–Crippen LogP) is 4.49. The number of methoxy groups -OCH3 is 1. The van der Waals surface area contributed by atoms with Crippen LogP contribution in [0, 0.1) is 0 Å². The number of hydrogen-bond acceptors (Lipinski definition) is 4. The molecular formula is C20H22O4. The molecule has 0 aliphatic carbocycles. The van der Waals surface area contributed by atoms with E-state index in [0.29, 0.717) is 12.2 Å². The van der Waals surface area contributed by atoms with Crippen molar-refractivity contribution in [3.8, 4) is 23.0 Å². The molecule has 0 saturated carbocycles. The van der Waals surface area contributed by atoms with Gasteiger partial charge in [-0.15, -0.1) is 0 Å². The average molecular weight is 326 g/mol. The van der Waals surface area contributed by atoms with Crippen LogP contribution in [0.3, 0.4) is 0 Å². The normalized spacial score (nSPS) is 10.8. The van der Waals surface area contributed by atoms with E-state index < -0.39 is 0 Å². The highest BCUT2D eigenvalue weighted by Gasteiger charge is 2.08. The predicted molar refractivity (Wildman–Crippen MR) is 96.5 cm³/mol. The lowest BCUT2D eigenvalue weighted by atomic mass is 10.0. The van der Waals surface area contributed by atoms with Gasteiger partial charge in [0.2, 0.25) is 0 Å². The van der Waals surface area contributed by atoms with E-state index in [1.165, 1.54) is 13.2 Å². The molecule has 0 amide bonds. The third kappa shape index (κ3) is 4.32. The smallest absolute Gasteiger partial charge is 0.161 e. The Morgan fingerprint density at radius 1 is 1.00 bits per heavy atom. The molecule has 0 atom stereocenters. The molecule has 0 fully saturated rings. The molecule has 0 spiro atoms. The number of benzene rings is 2. The quantitative estimate of drug-likeness (QED) is 0.559. The Morgan fingerprint density at radius 3 is 2.42 bits per heavy atom. The molecule has 0 aliphatic heterocycles. The minimum absolute atomic E-state index is 0.0105. The summed E-state index contributed by atoms with van der Waals surface area (Å²) in [5, 5.41) is 29.5. The lowest BCUT2D eigenvalue weighted by molar-refractivity contribution is 0.373. The fourth-order valence-electron chi connectivity index (χ4n) is 2.32. The molecule has 0 aliphatic rings.